The van der Waals surface area contributed by atoms with Gasteiger partial charge in [0.25, 0.3) is 5.82 Å². The Morgan fingerprint density at radius 3 is 2.72 bits per heavy atom. The molecule has 3 N–H and O–H groups in total. The van der Waals surface area contributed by atoms with E-state index in [0.717, 1.165) is 16.9 Å². The molecule has 1 aliphatic rings. The Kier molecular flexibility index (Phi) is 2.16. The van der Waals surface area contributed by atoms with Crippen molar-refractivity contribution >= 4 is 22.4 Å². The first-order chi connectivity index (χ1) is 8.61. The Morgan fingerprint density at radius 2 is 2.11 bits per heavy atom. The molecule has 3 rings (SSSR count). The molecule has 2 heterocycles. The van der Waals surface area contributed by atoms with Crippen molar-refractivity contribution in [2.24, 2.45) is 24.8 Å². The molecule has 92 valence electrons. The first-order valence-corrected chi connectivity index (χ1v) is 5.77. The zero-order chi connectivity index (χ0) is 12.9. The first-order valence-electron chi connectivity index (χ1n) is 5.77. The molecule has 0 saturated carbocycles. The SMILES string of the molecule is Cn1c(C2=C(O)CN=C2N)[n+](C)c2ccccc21. The third kappa shape index (κ3) is 1.27. The van der Waals surface area contributed by atoms with E-state index in [1.165, 1.54) is 0 Å². The van der Waals surface area contributed by atoms with E-state index in [4.69, 9.17) is 5.73 Å². The number of nitrogens with two attached hydrogens (primary N) is 1. The summed E-state index contributed by atoms with van der Waals surface area (Å²) in [6, 6.07) is 8.07. The van der Waals surface area contributed by atoms with Crippen molar-refractivity contribution < 1.29 is 9.67 Å². The maximum atomic E-state index is 9.95. The van der Waals surface area contributed by atoms with Gasteiger partial charge in [-0.25, -0.2) is 9.13 Å². The number of fused-ring (bicyclic) bond motifs is 1. The van der Waals surface area contributed by atoms with Gasteiger partial charge in [0.15, 0.2) is 11.0 Å². The highest BCUT2D eigenvalue weighted by Crippen LogP contribution is 2.23. The topological polar surface area (TPSA) is 67.4 Å². The summed E-state index contributed by atoms with van der Waals surface area (Å²) in [4.78, 5) is 4.07. The average molecular weight is 243 g/mol. The number of hydrogen-bond donors (Lipinski definition) is 2. The molecule has 0 bridgehead atoms. The summed E-state index contributed by atoms with van der Waals surface area (Å²) in [5.74, 6) is 1.50. The minimum Gasteiger partial charge on any atom is -0.509 e. The second-order valence-corrected chi connectivity index (χ2v) is 4.45. The lowest BCUT2D eigenvalue weighted by atomic mass is 10.2. The van der Waals surface area contributed by atoms with Crippen LogP contribution in [0.1, 0.15) is 5.82 Å². The van der Waals surface area contributed by atoms with Crippen molar-refractivity contribution in [3.05, 3.63) is 35.8 Å². The van der Waals surface area contributed by atoms with Crippen LogP contribution in [0.5, 0.6) is 0 Å². The maximum Gasteiger partial charge on any atom is 0.296 e. The van der Waals surface area contributed by atoms with Crippen molar-refractivity contribution in [1.29, 1.82) is 0 Å². The number of para-hydroxylation sites is 2. The van der Waals surface area contributed by atoms with Gasteiger partial charge in [-0.1, -0.05) is 12.1 Å². The fraction of sp³-hybridized carbons (Fsp3) is 0.231. The number of aromatic nitrogens is 2. The van der Waals surface area contributed by atoms with E-state index in [-0.39, 0.29) is 12.3 Å². The van der Waals surface area contributed by atoms with Gasteiger partial charge >= 0.3 is 0 Å². The lowest BCUT2D eigenvalue weighted by Crippen LogP contribution is -2.34. The number of aliphatic hydroxyl groups excluding tert-OH is 1. The quantitative estimate of drug-likeness (QED) is 0.722. The highest BCUT2D eigenvalue weighted by molar-refractivity contribution is 6.23. The van der Waals surface area contributed by atoms with Gasteiger partial charge in [-0.3, -0.25) is 4.99 Å². The molecule has 0 aliphatic carbocycles. The third-order valence-electron chi connectivity index (χ3n) is 3.41. The largest absolute Gasteiger partial charge is 0.509 e. The average Bonchev–Trinajstić information content (AvgIpc) is 2.81. The second kappa shape index (κ2) is 3.60. The molecular weight excluding hydrogens is 228 g/mol. The van der Waals surface area contributed by atoms with E-state index in [0.29, 0.717) is 11.4 Å². The van der Waals surface area contributed by atoms with Gasteiger partial charge in [-0.05, 0) is 12.1 Å². The van der Waals surface area contributed by atoms with Crippen molar-refractivity contribution in [3.63, 3.8) is 0 Å². The van der Waals surface area contributed by atoms with Crippen molar-refractivity contribution in [3.8, 4) is 0 Å². The van der Waals surface area contributed by atoms with Gasteiger partial charge in [0.05, 0.1) is 20.6 Å². The molecule has 1 aromatic heterocycles. The van der Waals surface area contributed by atoms with Crippen LogP contribution in [0.4, 0.5) is 0 Å². The van der Waals surface area contributed by atoms with Crippen LogP contribution < -0.4 is 10.3 Å². The summed E-state index contributed by atoms with van der Waals surface area (Å²) in [6.07, 6.45) is 0. The minimum atomic E-state index is 0.231. The van der Waals surface area contributed by atoms with Gasteiger partial charge in [-0.15, -0.1) is 0 Å². The number of imidazole rings is 1. The Labute approximate surface area is 104 Å². The maximum absolute atomic E-state index is 9.95. The third-order valence-corrected chi connectivity index (χ3v) is 3.41. The minimum absolute atomic E-state index is 0.231. The lowest BCUT2D eigenvalue weighted by Gasteiger charge is -2.00. The number of hydrogen-bond acceptors (Lipinski definition) is 3. The van der Waals surface area contributed by atoms with Crippen LogP contribution in [0.15, 0.2) is 35.0 Å². The summed E-state index contributed by atoms with van der Waals surface area (Å²) in [5, 5.41) is 9.95. The number of aliphatic imine (C=N–C) groups is 1. The van der Waals surface area contributed by atoms with E-state index in [1.54, 1.807) is 0 Å². The summed E-state index contributed by atoms with van der Waals surface area (Å²) in [5.41, 5.74) is 8.69. The summed E-state index contributed by atoms with van der Waals surface area (Å²) < 4.78 is 4.04. The lowest BCUT2D eigenvalue weighted by molar-refractivity contribution is -0.648. The van der Waals surface area contributed by atoms with Gasteiger partial charge in [0, 0.05) is 0 Å². The molecule has 0 radical (unpaired) electrons. The molecule has 0 fully saturated rings. The van der Waals surface area contributed by atoms with Crippen LogP contribution in [0.25, 0.3) is 16.6 Å². The van der Waals surface area contributed by atoms with Gasteiger partial charge in [-0.2, -0.15) is 0 Å². The van der Waals surface area contributed by atoms with Crippen LogP contribution in [0.2, 0.25) is 0 Å². The monoisotopic (exact) mass is 243 g/mol. The highest BCUT2D eigenvalue weighted by atomic mass is 16.3. The fourth-order valence-corrected chi connectivity index (χ4v) is 2.53. The molecule has 0 atom stereocenters. The molecule has 0 unspecified atom stereocenters. The molecule has 1 aliphatic heterocycles. The Balaban J connectivity index is 2.38. The predicted molar refractivity (Wildman–Crippen MR) is 70.1 cm³/mol. The highest BCUT2D eigenvalue weighted by Gasteiger charge is 2.31. The van der Waals surface area contributed by atoms with Crippen molar-refractivity contribution in [2.45, 2.75) is 0 Å². The predicted octanol–water partition coefficient (Wildman–Crippen LogP) is 0.643. The van der Waals surface area contributed by atoms with Crippen LogP contribution in [0.3, 0.4) is 0 Å². The molecule has 0 spiro atoms. The van der Waals surface area contributed by atoms with E-state index >= 15 is 0 Å². The number of nitrogens with zero attached hydrogens (tertiary/aromatic N) is 3. The van der Waals surface area contributed by atoms with Gasteiger partial charge in [0.1, 0.15) is 17.2 Å². The second-order valence-electron chi connectivity index (χ2n) is 4.45. The molecule has 0 amide bonds. The zero-order valence-electron chi connectivity index (χ0n) is 10.4. The summed E-state index contributed by atoms with van der Waals surface area (Å²) in [7, 11) is 3.92. The smallest absolute Gasteiger partial charge is 0.296 e. The van der Waals surface area contributed by atoms with Crippen molar-refractivity contribution in [2.75, 3.05) is 6.54 Å². The summed E-state index contributed by atoms with van der Waals surface area (Å²) >= 11 is 0. The van der Waals surface area contributed by atoms with Crippen LogP contribution in [-0.4, -0.2) is 22.1 Å². The standard InChI is InChI=1S/C13H14N4O/c1-16-8-5-3-4-6-9(8)17(2)13(16)11-10(18)7-15-12(11)14/h3-6H,7H2,1-2H3,(H2,14,15)/p+1. The zero-order valence-corrected chi connectivity index (χ0v) is 10.4. The number of aryl methyl sites for hydroxylation is 2. The Morgan fingerprint density at radius 1 is 1.39 bits per heavy atom. The molecular formula is C13H15N4O+. The number of aliphatic hydroxyl groups is 1. The van der Waals surface area contributed by atoms with Crippen molar-refractivity contribution in [1.82, 2.24) is 4.57 Å². The Bertz CT molecular complexity index is 670. The molecule has 2 aromatic rings. The number of benzene rings is 1. The number of amidine groups is 1. The van der Waals surface area contributed by atoms with E-state index < -0.39 is 0 Å². The molecule has 1 aromatic carbocycles. The van der Waals surface area contributed by atoms with Gasteiger partial charge in [0.2, 0.25) is 0 Å². The molecule has 5 heteroatoms. The Hall–Kier alpha value is -2.30. The van der Waals surface area contributed by atoms with E-state index in [9.17, 15) is 5.11 Å². The summed E-state index contributed by atoms with van der Waals surface area (Å²) in [6.45, 7) is 0.267. The van der Waals surface area contributed by atoms with Gasteiger partial charge < -0.3 is 10.8 Å². The molecule has 5 nitrogen and oxygen atoms in total. The molecule has 0 saturated heterocycles. The normalized spacial score (nSPS) is 15.6. The molecule has 18 heavy (non-hydrogen) atoms. The van der Waals surface area contributed by atoms with Crippen LogP contribution in [-0.2, 0) is 14.1 Å². The first kappa shape index (κ1) is 10.8. The van der Waals surface area contributed by atoms with E-state index in [2.05, 4.69) is 4.99 Å². The number of rotatable bonds is 1. The fourth-order valence-electron chi connectivity index (χ4n) is 2.53. The van der Waals surface area contributed by atoms with E-state index in [1.807, 2.05) is 47.5 Å². The van der Waals surface area contributed by atoms with Crippen LogP contribution in [0, 0.1) is 0 Å². The van der Waals surface area contributed by atoms with Crippen LogP contribution >= 0.6 is 0 Å².